The van der Waals surface area contributed by atoms with E-state index in [4.69, 9.17) is 4.74 Å². The van der Waals surface area contributed by atoms with Crippen molar-refractivity contribution >= 4 is 17.6 Å². The van der Waals surface area contributed by atoms with Gasteiger partial charge in [0.05, 0.1) is 6.61 Å². The predicted molar refractivity (Wildman–Crippen MR) is 85.2 cm³/mol. The van der Waals surface area contributed by atoms with E-state index in [0.717, 1.165) is 11.4 Å². The minimum Gasteiger partial charge on any atom is -0.494 e. The van der Waals surface area contributed by atoms with Crippen molar-refractivity contribution in [3.05, 3.63) is 24.3 Å². The number of urea groups is 1. The molecule has 1 heterocycles. The summed E-state index contributed by atoms with van der Waals surface area (Å²) >= 11 is 0. The Hall–Kier alpha value is -2.24. The van der Waals surface area contributed by atoms with E-state index >= 15 is 0 Å². The second kappa shape index (κ2) is 7.15. The normalized spacial score (nSPS) is 14.6. The van der Waals surface area contributed by atoms with Crippen molar-refractivity contribution in [3.63, 3.8) is 0 Å². The fourth-order valence-corrected chi connectivity index (χ4v) is 2.40. The lowest BCUT2D eigenvalue weighted by Crippen LogP contribution is -2.42. The first-order valence-corrected chi connectivity index (χ1v) is 7.60. The van der Waals surface area contributed by atoms with Crippen LogP contribution in [0, 0.1) is 0 Å². The van der Waals surface area contributed by atoms with Crippen LogP contribution in [-0.4, -0.2) is 49.1 Å². The average molecular weight is 305 g/mol. The van der Waals surface area contributed by atoms with Crippen molar-refractivity contribution in [2.75, 3.05) is 31.1 Å². The molecule has 1 saturated heterocycles. The van der Waals surface area contributed by atoms with Crippen LogP contribution < -0.4 is 15.0 Å². The molecule has 0 saturated carbocycles. The fraction of sp³-hybridized carbons (Fsp3) is 0.500. The number of carbonyl (C=O) groups excluding carboxylic acids is 2. The molecule has 1 aromatic rings. The van der Waals surface area contributed by atoms with Crippen LogP contribution in [0.15, 0.2) is 24.3 Å². The van der Waals surface area contributed by atoms with Crippen molar-refractivity contribution in [1.29, 1.82) is 0 Å². The maximum absolute atomic E-state index is 12.4. The summed E-state index contributed by atoms with van der Waals surface area (Å²) in [6.45, 7) is 7.58. The zero-order valence-electron chi connectivity index (χ0n) is 13.3. The number of carbonyl (C=O) groups is 2. The third-order valence-electron chi connectivity index (χ3n) is 3.34. The molecule has 1 N–H and O–H groups in total. The molecule has 2 rings (SSSR count). The monoisotopic (exact) mass is 305 g/mol. The van der Waals surface area contributed by atoms with Crippen molar-refractivity contribution in [3.8, 4) is 5.75 Å². The van der Waals surface area contributed by atoms with Crippen molar-refractivity contribution < 1.29 is 14.3 Å². The van der Waals surface area contributed by atoms with E-state index in [1.807, 2.05) is 45.0 Å². The number of anilines is 1. The van der Waals surface area contributed by atoms with Gasteiger partial charge in [0, 0.05) is 24.8 Å². The molecule has 0 unspecified atom stereocenters. The van der Waals surface area contributed by atoms with Crippen molar-refractivity contribution in [1.82, 2.24) is 10.2 Å². The summed E-state index contributed by atoms with van der Waals surface area (Å²) in [5, 5.41) is 2.80. The Balaban J connectivity index is 1.97. The number of amides is 3. The van der Waals surface area contributed by atoms with Gasteiger partial charge in [-0.2, -0.15) is 0 Å². The summed E-state index contributed by atoms with van der Waals surface area (Å²) < 4.78 is 5.39. The van der Waals surface area contributed by atoms with Crippen LogP contribution in [0.3, 0.4) is 0 Å². The van der Waals surface area contributed by atoms with E-state index < -0.39 is 0 Å². The molecule has 6 nitrogen and oxygen atoms in total. The number of hydrogen-bond donors (Lipinski definition) is 1. The Morgan fingerprint density at radius 2 is 1.95 bits per heavy atom. The smallest absolute Gasteiger partial charge is 0.325 e. The highest BCUT2D eigenvalue weighted by molar-refractivity contribution is 5.96. The third-order valence-corrected chi connectivity index (χ3v) is 3.34. The zero-order chi connectivity index (χ0) is 16.1. The van der Waals surface area contributed by atoms with Gasteiger partial charge in [-0.1, -0.05) is 0 Å². The van der Waals surface area contributed by atoms with E-state index in [9.17, 15) is 9.59 Å². The van der Waals surface area contributed by atoms with Gasteiger partial charge >= 0.3 is 6.03 Å². The molecular weight excluding hydrogens is 282 g/mol. The first kappa shape index (κ1) is 16.1. The van der Waals surface area contributed by atoms with E-state index in [1.165, 1.54) is 0 Å². The summed E-state index contributed by atoms with van der Waals surface area (Å²) in [5.74, 6) is 0.656. The summed E-state index contributed by atoms with van der Waals surface area (Å²) in [6.07, 6.45) is 0. The van der Waals surface area contributed by atoms with E-state index in [1.54, 1.807) is 9.80 Å². The number of ether oxygens (including phenoxy) is 1. The van der Waals surface area contributed by atoms with Gasteiger partial charge in [0.25, 0.3) is 0 Å². The van der Waals surface area contributed by atoms with Crippen LogP contribution in [0.25, 0.3) is 0 Å². The quantitative estimate of drug-likeness (QED) is 0.872. The first-order valence-electron chi connectivity index (χ1n) is 7.60. The van der Waals surface area contributed by atoms with Crippen molar-refractivity contribution in [2.24, 2.45) is 0 Å². The number of rotatable bonds is 6. The maximum Gasteiger partial charge on any atom is 0.325 e. The third kappa shape index (κ3) is 3.90. The second-order valence-electron chi connectivity index (χ2n) is 5.50. The standard InChI is InChI=1S/C16H23N3O3/c1-4-22-14-7-5-13(6-8-14)19-10-9-18(16(19)21)11-15(20)17-12(2)3/h5-8,12H,4,9-11H2,1-3H3,(H,17,20). The molecule has 0 atom stereocenters. The molecule has 1 aromatic carbocycles. The molecule has 1 aliphatic heterocycles. The molecule has 0 aliphatic carbocycles. The Bertz CT molecular complexity index is 528. The first-order chi connectivity index (χ1) is 10.5. The van der Waals surface area contributed by atoms with Crippen LogP contribution in [0.1, 0.15) is 20.8 Å². The highest BCUT2D eigenvalue weighted by Gasteiger charge is 2.30. The second-order valence-corrected chi connectivity index (χ2v) is 5.50. The van der Waals surface area contributed by atoms with Gasteiger partial charge in [0.2, 0.25) is 5.91 Å². The van der Waals surface area contributed by atoms with E-state index in [0.29, 0.717) is 19.7 Å². The molecule has 1 fully saturated rings. The van der Waals surface area contributed by atoms with E-state index in [2.05, 4.69) is 5.32 Å². The lowest BCUT2D eigenvalue weighted by Gasteiger charge is -2.19. The average Bonchev–Trinajstić information content (AvgIpc) is 2.81. The molecule has 22 heavy (non-hydrogen) atoms. The Morgan fingerprint density at radius 3 is 2.55 bits per heavy atom. The maximum atomic E-state index is 12.4. The van der Waals surface area contributed by atoms with Crippen LogP contribution in [0.2, 0.25) is 0 Å². The summed E-state index contributed by atoms with van der Waals surface area (Å²) in [7, 11) is 0. The summed E-state index contributed by atoms with van der Waals surface area (Å²) in [4.78, 5) is 27.4. The summed E-state index contributed by atoms with van der Waals surface area (Å²) in [5.41, 5.74) is 0.820. The van der Waals surface area contributed by atoms with Gasteiger partial charge in [-0.05, 0) is 45.0 Å². The SMILES string of the molecule is CCOc1ccc(N2CCN(CC(=O)NC(C)C)C2=O)cc1. The minimum absolute atomic E-state index is 0.0763. The van der Waals surface area contributed by atoms with Gasteiger partial charge in [0.15, 0.2) is 0 Å². The topological polar surface area (TPSA) is 61.9 Å². The van der Waals surface area contributed by atoms with Crippen LogP contribution >= 0.6 is 0 Å². The van der Waals surface area contributed by atoms with Crippen LogP contribution in [-0.2, 0) is 4.79 Å². The molecule has 1 aliphatic rings. The van der Waals surface area contributed by atoms with Gasteiger partial charge in [-0.3, -0.25) is 9.69 Å². The Labute approximate surface area is 131 Å². The summed E-state index contributed by atoms with van der Waals surface area (Å²) in [6, 6.07) is 7.36. The molecule has 3 amide bonds. The number of nitrogens with one attached hydrogen (secondary N) is 1. The van der Waals surface area contributed by atoms with Crippen LogP contribution in [0.5, 0.6) is 5.75 Å². The predicted octanol–water partition coefficient (Wildman–Crippen LogP) is 1.85. The fourth-order valence-electron chi connectivity index (χ4n) is 2.40. The molecule has 0 spiro atoms. The Morgan fingerprint density at radius 1 is 1.27 bits per heavy atom. The van der Waals surface area contributed by atoms with Gasteiger partial charge in [-0.15, -0.1) is 0 Å². The number of benzene rings is 1. The highest BCUT2D eigenvalue weighted by Crippen LogP contribution is 2.23. The molecule has 0 aromatic heterocycles. The molecular formula is C16H23N3O3. The Kier molecular flexibility index (Phi) is 5.25. The molecule has 0 bridgehead atoms. The van der Waals surface area contributed by atoms with Gasteiger partial charge in [0.1, 0.15) is 12.3 Å². The molecule has 6 heteroatoms. The largest absolute Gasteiger partial charge is 0.494 e. The lowest BCUT2D eigenvalue weighted by molar-refractivity contribution is -0.122. The zero-order valence-corrected chi connectivity index (χ0v) is 13.3. The molecule has 0 radical (unpaired) electrons. The van der Waals surface area contributed by atoms with Gasteiger partial charge in [-0.25, -0.2) is 4.79 Å². The number of nitrogens with zero attached hydrogens (tertiary/aromatic N) is 2. The molecule has 120 valence electrons. The number of hydrogen-bond acceptors (Lipinski definition) is 3. The van der Waals surface area contributed by atoms with Gasteiger partial charge < -0.3 is 15.0 Å². The lowest BCUT2D eigenvalue weighted by atomic mass is 10.3. The highest BCUT2D eigenvalue weighted by atomic mass is 16.5. The van der Waals surface area contributed by atoms with Crippen molar-refractivity contribution in [2.45, 2.75) is 26.8 Å². The van der Waals surface area contributed by atoms with Crippen LogP contribution in [0.4, 0.5) is 10.5 Å². The minimum atomic E-state index is -0.136. The van der Waals surface area contributed by atoms with E-state index in [-0.39, 0.29) is 24.5 Å².